The molecule has 2 heterocycles. The van der Waals surface area contributed by atoms with Gasteiger partial charge in [-0.3, -0.25) is 0 Å². The smallest absolute Gasteiger partial charge is 0.190 e. The number of nitrogens with zero attached hydrogens (tertiary/aromatic N) is 3. The Morgan fingerprint density at radius 3 is 2.29 bits per heavy atom. The van der Waals surface area contributed by atoms with Crippen LogP contribution in [-0.4, -0.2) is 43.0 Å². The van der Waals surface area contributed by atoms with E-state index in [0.717, 1.165) is 11.1 Å². The number of fused-ring (bicyclic) bond motifs is 1. The summed E-state index contributed by atoms with van der Waals surface area (Å²) >= 11 is 0. The van der Waals surface area contributed by atoms with Crippen LogP contribution >= 0.6 is 0 Å². The van der Waals surface area contributed by atoms with Gasteiger partial charge in [-0.15, -0.1) is 0 Å². The molecule has 0 spiro atoms. The van der Waals surface area contributed by atoms with Crippen molar-refractivity contribution in [2.45, 2.75) is 63.5 Å². The van der Waals surface area contributed by atoms with Gasteiger partial charge in [-0.1, -0.05) is 65.8 Å². The third-order valence-electron chi connectivity index (χ3n) is 5.29. The van der Waals surface area contributed by atoms with Crippen LogP contribution in [0.3, 0.4) is 0 Å². The van der Waals surface area contributed by atoms with E-state index in [0.29, 0.717) is 13.2 Å². The Balaban J connectivity index is 1.46. The molecule has 0 bridgehead atoms. The molecule has 0 aromatic heterocycles. The summed E-state index contributed by atoms with van der Waals surface area (Å²) in [6.07, 6.45) is -2.04. The molecule has 0 aliphatic carbocycles. The molecule has 8 heteroatoms. The standard InChI is InChI=1S/C23H27N3O5/c1-23(2)30-21-20(28-14-17-11-7-4-8-12-17)19(29-22(21)31-23)18(25-26-24)15-27-13-16-9-5-3-6-10-16/h3-12,18-22H,13-15H2,1-2H3/t18-,19+,20-,21+,22+/m1/s1. The van der Waals surface area contributed by atoms with Crippen molar-refractivity contribution >= 4 is 0 Å². The molecule has 0 radical (unpaired) electrons. The van der Waals surface area contributed by atoms with Crippen molar-refractivity contribution in [3.63, 3.8) is 0 Å². The second-order valence-corrected chi connectivity index (χ2v) is 8.10. The molecular weight excluding hydrogens is 398 g/mol. The number of ether oxygens (including phenoxy) is 5. The van der Waals surface area contributed by atoms with Gasteiger partial charge in [0, 0.05) is 4.91 Å². The number of hydrogen-bond donors (Lipinski definition) is 0. The van der Waals surface area contributed by atoms with Gasteiger partial charge >= 0.3 is 0 Å². The van der Waals surface area contributed by atoms with Crippen molar-refractivity contribution in [2.24, 2.45) is 5.11 Å². The average Bonchev–Trinajstić information content (AvgIpc) is 3.24. The van der Waals surface area contributed by atoms with Gasteiger partial charge in [-0.2, -0.15) is 0 Å². The molecule has 5 atom stereocenters. The molecule has 2 saturated heterocycles. The number of azide groups is 1. The fourth-order valence-electron chi connectivity index (χ4n) is 3.90. The molecule has 0 N–H and O–H groups in total. The van der Waals surface area contributed by atoms with Crippen LogP contribution in [0.1, 0.15) is 25.0 Å². The highest BCUT2D eigenvalue weighted by Gasteiger charge is 2.57. The molecule has 2 aliphatic heterocycles. The fourth-order valence-corrected chi connectivity index (χ4v) is 3.90. The highest BCUT2D eigenvalue weighted by molar-refractivity contribution is 5.14. The van der Waals surface area contributed by atoms with Crippen LogP contribution in [0.5, 0.6) is 0 Å². The van der Waals surface area contributed by atoms with Gasteiger partial charge in [-0.05, 0) is 30.5 Å². The summed E-state index contributed by atoms with van der Waals surface area (Å²) in [7, 11) is 0. The van der Waals surface area contributed by atoms with Gasteiger partial charge in [0.25, 0.3) is 0 Å². The van der Waals surface area contributed by atoms with E-state index in [9.17, 15) is 0 Å². The van der Waals surface area contributed by atoms with Gasteiger partial charge in [0.15, 0.2) is 12.1 Å². The van der Waals surface area contributed by atoms with Crippen molar-refractivity contribution in [3.05, 3.63) is 82.2 Å². The Morgan fingerprint density at radius 2 is 1.65 bits per heavy atom. The van der Waals surface area contributed by atoms with E-state index in [4.69, 9.17) is 29.2 Å². The maximum absolute atomic E-state index is 9.14. The van der Waals surface area contributed by atoms with Gasteiger partial charge in [-0.25, -0.2) is 0 Å². The van der Waals surface area contributed by atoms with E-state index in [-0.39, 0.29) is 6.61 Å². The highest BCUT2D eigenvalue weighted by atomic mass is 16.8. The summed E-state index contributed by atoms with van der Waals surface area (Å²) in [5.41, 5.74) is 11.2. The SMILES string of the molecule is CC1(C)O[C@@H]2O[C@@H]([C@@H](COCc3ccccc3)N=[N+]=[N-])[C@@H](OCc3ccccc3)[C@@H]2O1. The van der Waals surface area contributed by atoms with E-state index in [2.05, 4.69) is 10.0 Å². The molecule has 8 nitrogen and oxygen atoms in total. The minimum absolute atomic E-state index is 0.192. The minimum Gasteiger partial charge on any atom is -0.376 e. The van der Waals surface area contributed by atoms with Gasteiger partial charge < -0.3 is 23.7 Å². The number of benzene rings is 2. The Morgan fingerprint density at radius 1 is 1.00 bits per heavy atom. The van der Waals surface area contributed by atoms with Crippen molar-refractivity contribution < 1.29 is 23.7 Å². The van der Waals surface area contributed by atoms with Crippen molar-refractivity contribution in [2.75, 3.05) is 6.61 Å². The van der Waals surface area contributed by atoms with Crippen LogP contribution in [0.15, 0.2) is 65.8 Å². The molecule has 0 saturated carbocycles. The lowest BCUT2D eigenvalue weighted by atomic mass is 10.0. The second kappa shape index (κ2) is 9.78. The summed E-state index contributed by atoms with van der Waals surface area (Å²) < 4.78 is 30.1. The largest absolute Gasteiger partial charge is 0.376 e. The molecule has 0 unspecified atom stereocenters. The number of hydrogen-bond acceptors (Lipinski definition) is 6. The predicted molar refractivity (Wildman–Crippen MR) is 113 cm³/mol. The zero-order valence-corrected chi connectivity index (χ0v) is 17.7. The fraction of sp³-hybridized carbons (Fsp3) is 0.478. The van der Waals surface area contributed by atoms with E-state index >= 15 is 0 Å². The molecule has 2 fully saturated rings. The molecule has 164 valence electrons. The quantitative estimate of drug-likeness (QED) is 0.338. The zero-order valence-electron chi connectivity index (χ0n) is 17.7. The van der Waals surface area contributed by atoms with Crippen LogP contribution in [-0.2, 0) is 36.9 Å². The van der Waals surface area contributed by atoms with Gasteiger partial charge in [0.1, 0.15) is 18.3 Å². The van der Waals surface area contributed by atoms with E-state index in [1.807, 2.05) is 74.5 Å². The molecular formula is C23H27N3O5. The van der Waals surface area contributed by atoms with Crippen LogP contribution < -0.4 is 0 Å². The summed E-state index contributed by atoms with van der Waals surface area (Å²) in [5, 5.41) is 3.95. The van der Waals surface area contributed by atoms with Crippen molar-refractivity contribution in [1.82, 2.24) is 0 Å². The first-order valence-corrected chi connectivity index (χ1v) is 10.4. The summed E-state index contributed by atoms with van der Waals surface area (Å²) in [6, 6.07) is 19.1. The third-order valence-corrected chi connectivity index (χ3v) is 5.29. The summed E-state index contributed by atoms with van der Waals surface area (Å²) in [5.74, 6) is -0.771. The molecule has 0 amide bonds. The van der Waals surface area contributed by atoms with Crippen molar-refractivity contribution in [3.8, 4) is 0 Å². The van der Waals surface area contributed by atoms with Crippen LogP contribution in [0.4, 0.5) is 0 Å². The maximum atomic E-state index is 9.14. The van der Waals surface area contributed by atoms with Crippen LogP contribution in [0, 0.1) is 0 Å². The molecule has 2 aromatic carbocycles. The lowest BCUT2D eigenvalue weighted by Gasteiger charge is -2.29. The lowest BCUT2D eigenvalue weighted by molar-refractivity contribution is -0.222. The zero-order chi connectivity index (χ0) is 21.7. The highest BCUT2D eigenvalue weighted by Crippen LogP contribution is 2.40. The molecule has 2 aliphatic rings. The predicted octanol–water partition coefficient (Wildman–Crippen LogP) is 4.34. The summed E-state index contributed by atoms with van der Waals surface area (Å²) in [4.78, 5) is 3.01. The van der Waals surface area contributed by atoms with Gasteiger partial charge in [0.2, 0.25) is 0 Å². The van der Waals surface area contributed by atoms with E-state index in [1.54, 1.807) is 0 Å². The Hall–Kier alpha value is -2.45. The number of rotatable bonds is 9. The topological polar surface area (TPSA) is 94.9 Å². The summed E-state index contributed by atoms with van der Waals surface area (Å²) in [6.45, 7) is 4.66. The molecule has 4 rings (SSSR count). The van der Waals surface area contributed by atoms with E-state index in [1.165, 1.54) is 0 Å². The normalized spacial score (nSPS) is 27.4. The van der Waals surface area contributed by atoms with Crippen molar-refractivity contribution in [1.29, 1.82) is 0 Å². The minimum atomic E-state index is -0.771. The average molecular weight is 425 g/mol. The van der Waals surface area contributed by atoms with Crippen LogP contribution in [0.2, 0.25) is 0 Å². The first-order chi connectivity index (χ1) is 15.1. The lowest BCUT2D eigenvalue weighted by Crippen LogP contribution is -2.43. The Kier molecular flexibility index (Phi) is 6.87. The molecule has 31 heavy (non-hydrogen) atoms. The van der Waals surface area contributed by atoms with E-state index < -0.39 is 36.4 Å². The molecule has 2 aromatic rings. The Labute approximate surface area is 181 Å². The third kappa shape index (κ3) is 5.43. The Bertz CT molecular complexity index is 889. The second-order valence-electron chi connectivity index (χ2n) is 8.10. The maximum Gasteiger partial charge on any atom is 0.190 e. The van der Waals surface area contributed by atoms with Gasteiger partial charge in [0.05, 0.1) is 25.9 Å². The first kappa shape index (κ1) is 21.8. The first-order valence-electron chi connectivity index (χ1n) is 10.4. The van der Waals surface area contributed by atoms with Crippen LogP contribution in [0.25, 0.3) is 10.4 Å². The monoisotopic (exact) mass is 425 g/mol.